The maximum Gasteiger partial charge on any atom is 0.255 e. The predicted octanol–water partition coefficient (Wildman–Crippen LogP) is 4.89. The fraction of sp³-hybridized carbons (Fsp3) is 0.214. The van der Waals surface area contributed by atoms with E-state index in [4.69, 9.17) is 10.7 Å². The van der Waals surface area contributed by atoms with Crippen molar-refractivity contribution in [2.45, 2.75) is 39.2 Å². The smallest absolute Gasteiger partial charge is 0.255 e. The summed E-state index contributed by atoms with van der Waals surface area (Å²) in [5, 5.41) is 5.78. The van der Waals surface area contributed by atoms with Gasteiger partial charge in [0.05, 0.1) is 6.04 Å². The molecule has 0 unspecified atom stereocenters. The second-order valence-electron chi connectivity index (χ2n) is 9.65. The fourth-order valence-corrected chi connectivity index (χ4v) is 4.00. The number of fused-ring (bicyclic) bond motifs is 1. The van der Waals surface area contributed by atoms with Crippen molar-refractivity contribution in [3.63, 3.8) is 0 Å². The summed E-state index contributed by atoms with van der Waals surface area (Å²) in [6.45, 7) is 11.8. The Labute approximate surface area is 210 Å². The van der Waals surface area contributed by atoms with Crippen LogP contribution in [-0.4, -0.2) is 26.2 Å². The Balaban J connectivity index is 1.67. The van der Waals surface area contributed by atoms with Gasteiger partial charge in [0, 0.05) is 29.2 Å². The third-order valence-corrected chi connectivity index (χ3v) is 5.95. The van der Waals surface area contributed by atoms with Gasteiger partial charge in [-0.3, -0.25) is 14.0 Å². The van der Waals surface area contributed by atoms with E-state index in [1.807, 2.05) is 37.3 Å². The molecule has 0 aliphatic heterocycles. The molecular weight excluding hydrogens is 452 g/mol. The Morgan fingerprint density at radius 2 is 1.86 bits per heavy atom. The van der Waals surface area contributed by atoms with E-state index in [2.05, 4.69) is 43.0 Å². The van der Waals surface area contributed by atoms with E-state index in [9.17, 15) is 9.59 Å². The highest BCUT2D eigenvalue weighted by Gasteiger charge is 2.21. The minimum atomic E-state index is -0.416. The molecule has 4 N–H and O–H groups in total. The quantitative estimate of drug-likeness (QED) is 0.339. The number of anilines is 2. The molecule has 2 heterocycles. The number of benzene rings is 2. The molecule has 4 rings (SSSR count). The molecule has 0 fully saturated rings. The molecule has 184 valence electrons. The first-order chi connectivity index (χ1) is 17.1. The second kappa shape index (κ2) is 9.65. The number of aromatic nitrogens is 3. The van der Waals surface area contributed by atoms with Crippen LogP contribution < -0.4 is 16.4 Å². The van der Waals surface area contributed by atoms with Crippen LogP contribution in [0.2, 0.25) is 0 Å². The maximum absolute atomic E-state index is 13.0. The van der Waals surface area contributed by atoms with Gasteiger partial charge >= 0.3 is 0 Å². The lowest BCUT2D eigenvalue weighted by Gasteiger charge is -2.19. The van der Waals surface area contributed by atoms with Crippen LogP contribution in [0.3, 0.4) is 0 Å². The number of nitrogen functional groups attached to an aromatic ring is 1. The van der Waals surface area contributed by atoms with Crippen molar-refractivity contribution < 1.29 is 9.59 Å². The Morgan fingerprint density at radius 1 is 1.14 bits per heavy atom. The molecule has 0 aliphatic carbocycles. The largest absolute Gasteiger partial charge is 0.382 e. The molecule has 0 aliphatic rings. The summed E-state index contributed by atoms with van der Waals surface area (Å²) in [6, 6.07) is 14.6. The first-order valence-electron chi connectivity index (χ1n) is 11.7. The summed E-state index contributed by atoms with van der Waals surface area (Å²) in [6.07, 6.45) is 4.53. The average Bonchev–Trinajstić information content (AvgIpc) is 3.25. The number of carbonyl (C=O) groups excluding carboxylic acids is 2. The van der Waals surface area contributed by atoms with Crippen LogP contribution in [0.25, 0.3) is 16.8 Å². The number of rotatable bonds is 6. The molecule has 0 bridgehead atoms. The fourth-order valence-electron chi connectivity index (χ4n) is 4.00. The van der Waals surface area contributed by atoms with Crippen LogP contribution in [0.15, 0.2) is 73.6 Å². The molecule has 0 saturated carbocycles. The van der Waals surface area contributed by atoms with E-state index >= 15 is 0 Å². The van der Waals surface area contributed by atoms with E-state index in [1.165, 1.54) is 11.6 Å². The third kappa shape index (κ3) is 4.98. The van der Waals surface area contributed by atoms with Crippen LogP contribution in [0.4, 0.5) is 11.5 Å². The summed E-state index contributed by atoms with van der Waals surface area (Å²) < 4.78 is 1.80. The lowest BCUT2D eigenvalue weighted by atomic mass is 9.87. The van der Waals surface area contributed by atoms with Gasteiger partial charge in [0.25, 0.3) is 5.91 Å². The van der Waals surface area contributed by atoms with E-state index in [0.29, 0.717) is 39.7 Å². The first-order valence-corrected chi connectivity index (χ1v) is 11.7. The molecule has 0 saturated heterocycles. The number of nitrogens with two attached hydrogens (primary N) is 1. The molecule has 2 aromatic carbocycles. The van der Waals surface area contributed by atoms with Gasteiger partial charge in [-0.1, -0.05) is 51.6 Å². The Bertz CT molecular complexity index is 1450. The summed E-state index contributed by atoms with van der Waals surface area (Å²) in [5.41, 5.74) is 10.5. The van der Waals surface area contributed by atoms with Crippen molar-refractivity contribution in [3.8, 4) is 11.3 Å². The van der Waals surface area contributed by atoms with Gasteiger partial charge in [0.2, 0.25) is 5.91 Å². The molecule has 0 radical (unpaired) electrons. The van der Waals surface area contributed by atoms with Crippen molar-refractivity contribution in [2.24, 2.45) is 0 Å². The lowest BCUT2D eigenvalue weighted by molar-refractivity contribution is -0.117. The van der Waals surface area contributed by atoms with Gasteiger partial charge < -0.3 is 16.4 Å². The van der Waals surface area contributed by atoms with Crippen LogP contribution in [0, 0.1) is 0 Å². The normalized spacial score (nSPS) is 12.2. The van der Waals surface area contributed by atoms with E-state index < -0.39 is 6.04 Å². The SMILES string of the molecule is C=CC(=O)N[C@@H](C)c1nc(-c2cccc(C(=O)Nc3ccc(C(C)(C)C)cc3)c2)c2c(N)nccn12. The van der Waals surface area contributed by atoms with Gasteiger partial charge in [0.1, 0.15) is 22.9 Å². The van der Waals surface area contributed by atoms with Crippen molar-refractivity contribution in [2.75, 3.05) is 11.1 Å². The van der Waals surface area contributed by atoms with Crippen LogP contribution in [-0.2, 0) is 10.2 Å². The highest BCUT2D eigenvalue weighted by atomic mass is 16.2. The summed E-state index contributed by atoms with van der Waals surface area (Å²) in [4.78, 5) is 33.9. The Morgan fingerprint density at radius 3 is 2.53 bits per heavy atom. The van der Waals surface area contributed by atoms with Crippen LogP contribution in [0.1, 0.15) is 55.5 Å². The molecule has 1 atom stereocenters. The number of hydrogen-bond acceptors (Lipinski definition) is 5. The molecule has 2 aromatic heterocycles. The molecule has 4 aromatic rings. The van der Waals surface area contributed by atoms with Crippen molar-refractivity contribution in [1.29, 1.82) is 0 Å². The van der Waals surface area contributed by atoms with Crippen LogP contribution >= 0.6 is 0 Å². The minimum Gasteiger partial charge on any atom is -0.382 e. The van der Waals surface area contributed by atoms with Gasteiger partial charge in [-0.25, -0.2) is 9.97 Å². The minimum absolute atomic E-state index is 0.0335. The van der Waals surface area contributed by atoms with Gasteiger partial charge in [0.15, 0.2) is 0 Å². The first kappa shape index (κ1) is 24.7. The second-order valence-corrected chi connectivity index (χ2v) is 9.65. The highest BCUT2D eigenvalue weighted by Crippen LogP contribution is 2.31. The molecule has 2 amide bonds. The summed E-state index contributed by atoms with van der Waals surface area (Å²) in [7, 11) is 0. The summed E-state index contributed by atoms with van der Waals surface area (Å²) >= 11 is 0. The number of nitrogens with zero attached hydrogens (tertiary/aromatic N) is 3. The van der Waals surface area contributed by atoms with Gasteiger partial charge in [-0.2, -0.15) is 0 Å². The third-order valence-electron chi connectivity index (χ3n) is 5.95. The number of hydrogen-bond donors (Lipinski definition) is 3. The topological polar surface area (TPSA) is 114 Å². The lowest BCUT2D eigenvalue weighted by Crippen LogP contribution is -2.26. The molecule has 8 nitrogen and oxygen atoms in total. The highest BCUT2D eigenvalue weighted by molar-refractivity contribution is 6.05. The van der Waals surface area contributed by atoms with Gasteiger partial charge in [-0.15, -0.1) is 0 Å². The molecule has 8 heteroatoms. The maximum atomic E-state index is 13.0. The summed E-state index contributed by atoms with van der Waals surface area (Å²) in [5.74, 6) is 0.333. The zero-order valence-corrected chi connectivity index (χ0v) is 20.9. The van der Waals surface area contributed by atoms with E-state index in [-0.39, 0.29) is 17.2 Å². The molecular formula is C28H30N6O2. The van der Waals surface area contributed by atoms with Crippen molar-refractivity contribution in [1.82, 2.24) is 19.7 Å². The average molecular weight is 483 g/mol. The zero-order valence-electron chi connectivity index (χ0n) is 20.9. The van der Waals surface area contributed by atoms with Gasteiger partial charge in [-0.05, 0) is 48.2 Å². The Hall–Kier alpha value is -4.46. The number of nitrogens with one attached hydrogen (secondary N) is 2. The standard InChI is InChI=1S/C28H30N6O2/c1-6-22(35)31-17(2)26-33-23(24-25(29)30-14-15-34(24)26)18-8-7-9-19(16-18)27(36)32-21-12-10-20(11-13-21)28(3,4)5/h6-17H,1H2,2-5H3,(H2,29,30)(H,31,35)(H,32,36)/t17-/m0/s1. The number of imidazole rings is 1. The number of amides is 2. The van der Waals surface area contributed by atoms with E-state index in [1.54, 1.807) is 35.0 Å². The van der Waals surface area contributed by atoms with Crippen molar-refractivity contribution in [3.05, 3.63) is 90.5 Å². The molecule has 36 heavy (non-hydrogen) atoms. The van der Waals surface area contributed by atoms with E-state index in [0.717, 1.165) is 0 Å². The Kier molecular flexibility index (Phi) is 6.61. The predicted molar refractivity (Wildman–Crippen MR) is 143 cm³/mol. The monoisotopic (exact) mass is 482 g/mol. The van der Waals surface area contributed by atoms with Crippen LogP contribution in [0.5, 0.6) is 0 Å². The zero-order chi connectivity index (χ0) is 26.0. The molecule has 0 spiro atoms. The number of carbonyl (C=O) groups is 2. The van der Waals surface area contributed by atoms with Crippen molar-refractivity contribution >= 4 is 28.8 Å².